The summed E-state index contributed by atoms with van der Waals surface area (Å²) < 4.78 is 11.7. The second kappa shape index (κ2) is 6.05. The van der Waals surface area contributed by atoms with E-state index in [0.717, 1.165) is 22.9 Å². The second-order valence-corrected chi connectivity index (χ2v) is 6.37. The summed E-state index contributed by atoms with van der Waals surface area (Å²) in [6, 6.07) is 14.5. The van der Waals surface area contributed by atoms with Gasteiger partial charge in [-0.3, -0.25) is 4.79 Å². The van der Waals surface area contributed by atoms with E-state index in [1.165, 1.54) is 7.11 Å². The van der Waals surface area contributed by atoms with Crippen LogP contribution in [0.4, 0.5) is 0 Å². The number of carbonyl (C=O) groups is 1. The van der Waals surface area contributed by atoms with Gasteiger partial charge in [0.1, 0.15) is 0 Å². The molecule has 4 nitrogen and oxygen atoms in total. The van der Waals surface area contributed by atoms with Crippen molar-refractivity contribution in [1.29, 1.82) is 5.26 Å². The van der Waals surface area contributed by atoms with Gasteiger partial charge in [-0.05, 0) is 42.7 Å². The molecule has 0 aromatic heterocycles. The molecule has 0 heterocycles. The molecule has 116 valence electrons. The summed E-state index contributed by atoms with van der Waals surface area (Å²) in [7, 11) is 1.48. The molecule has 23 heavy (non-hydrogen) atoms. The lowest BCUT2D eigenvalue weighted by Crippen LogP contribution is -2.26. The van der Waals surface area contributed by atoms with Crippen molar-refractivity contribution in [2.75, 3.05) is 7.11 Å². The number of benzene rings is 2. The van der Waals surface area contributed by atoms with Gasteiger partial charge in [-0.15, -0.1) is 0 Å². The Labute approximate surface area is 142 Å². The fraction of sp³-hybridized carbons (Fsp3) is 0.222. The highest BCUT2D eigenvalue weighted by atomic mass is 79.9. The molecule has 5 heteroatoms. The maximum Gasteiger partial charge on any atom is 0.322 e. The molecule has 0 amide bonds. The van der Waals surface area contributed by atoms with E-state index in [4.69, 9.17) is 14.7 Å². The number of esters is 1. The normalized spacial score (nSPS) is 14.7. The molecule has 1 aliphatic carbocycles. The summed E-state index contributed by atoms with van der Waals surface area (Å²) in [4.78, 5) is 12.7. The van der Waals surface area contributed by atoms with Crippen LogP contribution in [0.2, 0.25) is 0 Å². The fourth-order valence-corrected chi connectivity index (χ4v) is 2.79. The number of hydrogen-bond donors (Lipinski definition) is 0. The van der Waals surface area contributed by atoms with E-state index >= 15 is 0 Å². The van der Waals surface area contributed by atoms with Crippen molar-refractivity contribution in [3.8, 4) is 17.6 Å². The van der Waals surface area contributed by atoms with E-state index < -0.39 is 5.41 Å². The first kappa shape index (κ1) is 15.6. The van der Waals surface area contributed by atoms with Crippen LogP contribution in [-0.4, -0.2) is 13.1 Å². The molecule has 2 aromatic carbocycles. The standard InChI is InChI=1S/C18H14BrNO3/c1-22-16-10-12(11-20)2-7-15(16)23-17(21)18(8-9-18)13-3-5-14(19)6-4-13/h2-7,10H,8-9H2,1H3. The third-order valence-electron chi connectivity index (χ3n) is 4.03. The summed E-state index contributed by atoms with van der Waals surface area (Å²) in [5.41, 5.74) is 0.841. The number of nitriles is 1. The smallest absolute Gasteiger partial charge is 0.322 e. The van der Waals surface area contributed by atoms with Crippen molar-refractivity contribution >= 4 is 21.9 Å². The molecule has 0 bridgehead atoms. The number of methoxy groups -OCH3 is 1. The van der Waals surface area contributed by atoms with Crippen LogP contribution in [0.1, 0.15) is 24.0 Å². The Morgan fingerprint density at radius 3 is 2.43 bits per heavy atom. The van der Waals surface area contributed by atoms with E-state index in [2.05, 4.69) is 15.9 Å². The summed E-state index contributed by atoms with van der Waals surface area (Å²) in [5, 5.41) is 8.92. The number of nitrogens with zero attached hydrogens (tertiary/aromatic N) is 1. The molecule has 0 radical (unpaired) electrons. The maximum absolute atomic E-state index is 12.7. The van der Waals surface area contributed by atoms with Gasteiger partial charge in [0.2, 0.25) is 0 Å². The van der Waals surface area contributed by atoms with Gasteiger partial charge in [0.25, 0.3) is 0 Å². The van der Waals surface area contributed by atoms with Crippen LogP contribution in [0.25, 0.3) is 0 Å². The Balaban J connectivity index is 1.85. The van der Waals surface area contributed by atoms with E-state index in [1.807, 2.05) is 30.3 Å². The predicted octanol–water partition coefficient (Wildman–Crippen LogP) is 3.97. The van der Waals surface area contributed by atoms with Gasteiger partial charge in [0, 0.05) is 10.5 Å². The van der Waals surface area contributed by atoms with Crippen LogP contribution in [0.3, 0.4) is 0 Å². The number of rotatable bonds is 4. The van der Waals surface area contributed by atoms with Crippen molar-refractivity contribution in [2.45, 2.75) is 18.3 Å². The molecule has 0 unspecified atom stereocenters. The van der Waals surface area contributed by atoms with Crippen LogP contribution in [0, 0.1) is 11.3 Å². The molecule has 1 fully saturated rings. The molecule has 0 aliphatic heterocycles. The lowest BCUT2D eigenvalue weighted by molar-refractivity contribution is -0.137. The van der Waals surface area contributed by atoms with Gasteiger partial charge >= 0.3 is 5.97 Å². The van der Waals surface area contributed by atoms with Gasteiger partial charge in [0.05, 0.1) is 24.2 Å². The summed E-state index contributed by atoms with van der Waals surface area (Å²) in [6.45, 7) is 0. The van der Waals surface area contributed by atoms with E-state index in [0.29, 0.717) is 17.1 Å². The lowest BCUT2D eigenvalue weighted by Gasteiger charge is -2.16. The van der Waals surface area contributed by atoms with Crippen LogP contribution in [0.15, 0.2) is 46.9 Å². The van der Waals surface area contributed by atoms with Crippen molar-refractivity contribution in [2.24, 2.45) is 0 Å². The van der Waals surface area contributed by atoms with Gasteiger partial charge in [0.15, 0.2) is 11.5 Å². The minimum atomic E-state index is -0.570. The van der Waals surface area contributed by atoms with E-state index in [9.17, 15) is 4.79 Å². The number of carbonyl (C=O) groups excluding carboxylic acids is 1. The number of halogens is 1. The molecule has 3 rings (SSSR count). The van der Waals surface area contributed by atoms with Crippen LogP contribution in [-0.2, 0) is 10.2 Å². The molecule has 1 aliphatic rings. The monoisotopic (exact) mass is 371 g/mol. The average Bonchev–Trinajstić information content (AvgIpc) is 3.37. The third-order valence-corrected chi connectivity index (χ3v) is 4.56. The van der Waals surface area contributed by atoms with Crippen LogP contribution in [0.5, 0.6) is 11.5 Å². The average molecular weight is 372 g/mol. The van der Waals surface area contributed by atoms with Crippen molar-refractivity contribution < 1.29 is 14.3 Å². The van der Waals surface area contributed by atoms with Crippen molar-refractivity contribution in [3.05, 3.63) is 58.1 Å². The highest BCUT2D eigenvalue weighted by Crippen LogP contribution is 2.49. The van der Waals surface area contributed by atoms with Gasteiger partial charge in [-0.2, -0.15) is 5.26 Å². The van der Waals surface area contributed by atoms with Gasteiger partial charge in [-0.1, -0.05) is 28.1 Å². The largest absolute Gasteiger partial charge is 0.493 e. The molecule has 0 atom stereocenters. The molecule has 2 aromatic rings. The van der Waals surface area contributed by atoms with E-state index in [1.54, 1.807) is 18.2 Å². The summed E-state index contributed by atoms with van der Waals surface area (Å²) >= 11 is 3.40. The molecular weight excluding hydrogens is 358 g/mol. The molecule has 0 N–H and O–H groups in total. The van der Waals surface area contributed by atoms with Crippen LogP contribution >= 0.6 is 15.9 Å². The molecule has 1 saturated carbocycles. The first-order valence-electron chi connectivity index (χ1n) is 7.15. The quantitative estimate of drug-likeness (QED) is 0.602. The Kier molecular flexibility index (Phi) is 4.10. The highest BCUT2D eigenvalue weighted by Gasteiger charge is 2.53. The maximum atomic E-state index is 12.7. The Bertz CT molecular complexity index is 789. The van der Waals surface area contributed by atoms with Gasteiger partial charge < -0.3 is 9.47 Å². The zero-order valence-electron chi connectivity index (χ0n) is 12.5. The zero-order valence-corrected chi connectivity index (χ0v) is 14.1. The van der Waals surface area contributed by atoms with Crippen LogP contribution < -0.4 is 9.47 Å². The van der Waals surface area contributed by atoms with Crippen molar-refractivity contribution in [1.82, 2.24) is 0 Å². The summed E-state index contributed by atoms with van der Waals surface area (Å²) in [5.74, 6) is 0.423. The Morgan fingerprint density at radius 2 is 1.87 bits per heavy atom. The first-order chi connectivity index (χ1) is 11.1. The Morgan fingerprint density at radius 1 is 1.17 bits per heavy atom. The highest BCUT2D eigenvalue weighted by molar-refractivity contribution is 9.10. The minimum Gasteiger partial charge on any atom is -0.493 e. The lowest BCUT2D eigenvalue weighted by atomic mass is 9.96. The summed E-state index contributed by atoms with van der Waals surface area (Å²) in [6.07, 6.45) is 1.54. The second-order valence-electron chi connectivity index (χ2n) is 5.46. The van der Waals surface area contributed by atoms with E-state index in [-0.39, 0.29) is 5.97 Å². The fourth-order valence-electron chi connectivity index (χ4n) is 2.52. The van der Waals surface area contributed by atoms with Gasteiger partial charge in [-0.25, -0.2) is 0 Å². The zero-order chi connectivity index (χ0) is 16.4. The topological polar surface area (TPSA) is 59.3 Å². The molecule has 0 saturated heterocycles. The first-order valence-corrected chi connectivity index (χ1v) is 7.95. The Hall–Kier alpha value is -2.32. The number of ether oxygens (including phenoxy) is 2. The molecule has 0 spiro atoms. The number of hydrogen-bond acceptors (Lipinski definition) is 4. The third kappa shape index (κ3) is 2.95. The molecular formula is C18H14BrNO3. The minimum absolute atomic E-state index is 0.289. The SMILES string of the molecule is COc1cc(C#N)ccc1OC(=O)C1(c2ccc(Br)cc2)CC1. The van der Waals surface area contributed by atoms with Crippen molar-refractivity contribution in [3.63, 3.8) is 0 Å². The predicted molar refractivity (Wildman–Crippen MR) is 88.4 cm³/mol.